The van der Waals surface area contributed by atoms with Gasteiger partial charge >= 0.3 is 0 Å². The van der Waals surface area contributed by atoms with Crippen molar-refractivity contribution < 1.29 is 0 Å². The van der Waals surface area contributed by atoms with Crippen molar-refractivity contribution in [1.82, 2.24) is 4.90 Å². The predicted octanol–water partition coefficient (Wildman–Crippen LogP) is 3.02. The molecule has 2 N–H and O–H groups in total. The Balaban J connectivity index is 2.41. The van der Waals surface area contributed by atoms with E-state index in [4.69, 9.17) is 5.73 Å². The number of nitrogens with zero attached hydrogens (tertiary/aromatic N) is 1. The van der Waals surface area contributed by atoms with Gasteiger partial charge in [-0.1, -0.05) is 39.5 Å². The Labute approximate surface area is 102 Å². The normalized spacial score (nSPS) is 26.2. The lowest BCUT2D eigenvalue weighted by Gasteiger charge is -2.39. The van der Waals surface area contributed by atoms with E-state index in [2.05, 4.69) is 18.7 Å². The first-order valence-corrected chi connectivity index (χ1v) is 7.27. The molecule has 0 aromatic carbocycles. The predicted molar refractivity (Wildman–Crippen MR) is 71.6 cm³/mol. The Bertz CT molecular complexity index is 170. The van der Waals surface area contributed by atoms with Crippen molar-refractivity contribution in [3.05, 3.63) is 0 Å². The zero-order valence-electron chi connectivity index (χ0n) is 11.3. The zero-order valence-corrected chi connectivity index (χ0v) is 11.3. The molecule has 1 rings (SSSR count). The van der Waals surface area contributed by atoms with Crippen LogP contribution in [0.4, 0.5) is 0 Å². The van der Waals surface area contributed by atoms with Crippen molar-refractivity contribution in [2.75, 3.05) is 19.6 Å². The molecule has 1 aliphatic rings. The van der Waals surface area contributed by atoms with Gasteiger partial charge in [0.25, 0.3) is 0 Å². The Morgan fingerprint density at radius 3 is 2.50 bits per heavy atom. The summed E-state index contributed by atoms with van der Waals surface area (Å²) in [6.07, 6.45) is 9.58. The SMILES string of the molecule is CCCCCN(CC)C1CCCCC1CN. The van der Waals surface area contributed by atoms with Crippen LogP contribution in [-0.4, -0.2) is 30.6 Å². The van der Waals surface area contributed by atoms with Gasteiger partial charge in [0, 0.05) is 6.04 Å². The second-order valence-corrected chi connectivity index (χ2v) is 5.18. The highest BCUT2D eigenvalue weighted by atomic mass is 15.2. The van der Waals surface area contributed by atoms with Crippen molar-refractivity contribution >= 4 is 0 Å². The quantitative estimate of drug-likeness (QED) is 0.676. The molecule has 0 saturated heterocycles. The Morgan fingerprint density at radius 2 is 1.88 bits per heavy atom. The molecule has 2 nitrogen and oxygen atoms in total. The second-order valence-electron chi connectivity index (χ2n) is 5.18. The molecule has 0 aromatic heterocycles. The lowest BCUT2D eigenvalue weighted by atomic mass is 9.83. The van der Waals surface area contributed by atoms with Crippen molar-refractivity contribution in [1.29, 1.82) is 0 Å². The van der Waals surface area contributed by atoms with Crippen LogP contribution < -0.4 is 5.73 Å². The minimum Gasteiger partial charge on any atom is -0.330 e. The topological polar surface area (TPSA) is 29.3 Å². The number of unbranched alkanes of at least 4 members (excludes halogenated alkanes) is 2. The largest absolute Gasteiger partial charge is 0.330 e. The summed E-state index contributed by atoms with van der Waals surface area (Å²) in [4.78, 5) is 2.69. The molecule has 96 valence electrons. The molecule has 1 fully saturated rings. The summed E-state index contributed by atoms with van der Waals surface area (Å²) in [6.45, 7) is 7.94. The van der Waals surface area contributed by atoms with E-state index in [1.54, 1.807) is 0 Å². The van der Waals surface area contributed by atoms with Crippen LogP contribution in [0.3, 0.4) is 0 Å². The van der Waals surface area contributed by atoms with Gasteiger partial charge < -0.3 is 10.6 Å². The molecule has 0 amide bonds. The van der Waals surface area contributed by atoms with Crippen LogP contribution in [0.25, 0.3) is 0 Å². The van der Waals surface area contributed by atoms with Gasteiger partial charge in [-0.2, -0.15) is 0 Å². The van der Waals surface area contributed by atoms with Gasteiger partial charge in [-0.25, -0.2) is 0 Å². The van der Waals surface area contributed by atoms with Gasteiger partial charge in [0.1, 0.15) is 0 Å². The van der Waals surface area contributed by atoms with Crippen LogP contribution >= 0.6 is 0 Å². The molecule has 1 aliphatic carbocycles. The van der Waals surface area contributed by atoms with Gasteiger partial charge in [-0.15, -0.1) is 0 Å². The highest BCUT2D eigenvalue weighted by Gasteiger charge is 2.27. The van der Waals surface area contributed by atoms with Crippen molar-refractivity contribution in [2.45, 2.75) is 64.8 Å². The van der Waals surface area contributed by atoms with Gasteiger partial charge in [0.2, 0.25) is 0 Å². The van der Waals surface area contributed by atoms with E-state index < -0.39 is 0 Å². The molecule has 0 bridgehead atoms. The summed E-state index contributed by atoms with van der Waals surface area (Å²) in [5, 5.41) is 0. The maximum absolute atomic E-state index is 5.91. The summed E-state index contributed by atoms with van der Waals surface area (Å²) in [5.41, 5.74) is 5.91. The molecule has 0 heterocycles. The summed E-state index contributed by atoms with van der Waals surface area (Å²) < 4.78 is 0. The van der Waals surface area contributed by atoms with Crippen LogP contribution in [0.2, 0.25) is 0 Å². The fraction of sp³-hybridized carbons (Fsp3) is 1.00. The number of hydrogen-bond donors (Lipinski definition) is 1. The summed E-state index contributed by atoms with van der Waals surface area (Å²) in [7, 11) is 0. The summed E-state index contributed by atoms with van der Waals surface area (Å²) in [6, 6.07) is 0.778. The van der Waals surface area contributed by atoms with E-state index in [0.29, 0.717) is 0 Å². The lowest BCUT2D eigenvalue weighted by Crippen LogP contribution is -2.45. The van der Waals surface area contributed by atoms with Crippen molar-refractivity contribution in [3.63, 3.8) is 0 Å². The highest BCUT2D eigenvalue weighted by molar-refractivity contribution is 4.83. The third-order valence-corrected chi connectivity index (χ3v) is 4.10. The smallest absolute Gasteiger partial charge is 0.0135 e. The van der Waals surface area contributed by atoms with Gasteiger partial charge in [0.05, 0.1) is 0 Å². The third kappa shape index (κ3) is 4.06. The van der Waals surface area contributed by atoms with Crippen molar-refractivity contribution in [2.24, 2.45) is 11.7 Å². The molecular weight excluding hydrogens is 196 g/mol. The first kappa shape index (κ1) is 14.0. The number of hydrogen-bond acceptors (Lipinski definition) is 2. The molecule has 16 heavy (non-hydrogen) atoms. The summed E-state index contributed by atoms with van der Waals surface area (Å²) in [5.74, 6) is 0.760. The molecule has 0 aliphatic heterocycles. The van der Waals surface area contributed by atoms with E-state index >= 15 is 0 Å². The standard InChI is InChI=1S/C14H30N2/c1-3-5-8-11-16(4-2)14-10-7-6-9-13(14)12-15/h13-14H,3-12,15H2,1-2H3. The monoisotopic (exact) mass is 226 g/mol. The maximum Gasteiger partial charge on any atom is 0.0135 e. The fourth-order valence-corrected chi connectivity index (χ4v) is 3.07. The molecule has 2 heteroatoms. The fourth-order valence-electron chi connectivity index (χ4n) is 3.07. The number of nitrogens with two attached hydrogens (primary N) is 1. The van der Waals surface area contributed by atoms with Crippen LogP contribution in [0.5, 0.6) is 0 Å². The van der Waals surface area contributed by atoms with Crippen molar-refractivity contribution in [3.8, 4) is 0 Å². The lowest BCUT2D eigenvalue weighted by molar-refractivity contribution is 0.110. The van der Waals surface area contributed by atoms with E-state index in [1.807, 2.05) is 0 Å². The Kier molecular flexibility index (Phi) is 7.06. The highest BCUT2D eigenvalue weighted by Crippen LogP contribution is 2.28. The van der Waals surface area contributed by atoms with E-state index in [0.717, 1.165) is 18.5 Å². The first-order chi connectivity index (χ1) is 7.83. The maximum atomic E-state index is 5.91. The molecule has 1 saturated carbocycles. The zero-order chi connectivity index (χ0) is 11.8. The van der Waals surface area contributed by atoms with Gasteiger partial charge in [-0.05, 0) is 44.8 Å². The minimum atomic E-state index is 0.760. The molecular formula is C14H30N2. The summed E-state index contributed by atoms with van der Waals surface area (Å²) >= 11 is 0. The molecule has 2 atom stereocenters. The van der Waals surface area contributed by atoms with E-state index in [1.165, 1.54) is 58.0 Å². The van der Waals surface area contributed by atoms with Crippen LogP contribution in [-0.2, 0) is 0 Å². The second kappa shape index (κ2) is 8.08. The first-order valence-electron chi connectivity index (χ1n) is 7.27. The third-order valence-electron chi connectivity index (χ3n) is 4.10. The van der Waals surface area contributed by atoms with E-state index in [9.17, 15) is 0 Å². The van der Waals surface area contributed by atoms with Crippen LogP contribution in [0.1, 0.15) is 58.8 Å². The number of rotatable bonds is 7. The van der Waals surface area contributed by atoms with Crippen LogP contribution in [0.15, 0.2) is 0 Å². The molecule has 0 aromatic rings. The molecule has 0 radical (unpaired) electrons. The average Bonchev–Trinajstić information content (AvgIpc) is 2.35. The molecule has 2 unspecified atom stereocenters. The van der Waals surface area contributed by atoms with Crippen LogP contribution in [0, 0.1) is 5.92 Å². The van der Waals surface area contributed by atoms with Gasteiger partial charge in [-0.3, -0.25) is 0 Å². The Hall–Kier alpha value is -0.0800. The van der Waals surface area contributed by atoms with E-state index in [-0.39, 0.29) is 0 Å². The molecule has 0 spiro atoms. The minimum absolute atomic E-state index is 0.760. The van der Waals surface area contributed by atoms with Gasteiger partial charge in [0.15, 0.2) is 0 Å². The average molecular weight is 226 g/mol. The Morgan fingerprint density at radius 1 is 1.12 bits per heavy atom.